The van der Waals surface area contributed by atoms with Crippen LogP contribution < -0.4 is 5.32 Å². The van der Waals surface area contributed by atoms with Crippen LogP contribution in [0.2, 0.25) is 0 Å². The number of allylic oxidation sites excluding steroid dienone is 1. The molecule has 2 aromatic carbocycles. The Bertz CT molecular complexity index is 596. The second kappa shape index (κ2) is 6.05. The van der Waals surface area contributed by atoms with Gasteiger partial charge in [0.25, 0.3) is 0 Å². The van der Waals surface area contributed by atoms with E-state index in [9.17, 15) is 0 Å². The minimum atomic E-state index is 0.878. The molecule has 0 radical (unpaired) electrons. The minimum absolute atomic E-state index is 0.878. The highest BCUT2D eigenvalue weighted by atomic mass is 14.8. The van der Waals surface area contributed by atoms with E-state index in [0.29, 0.717) is 0 Å². The average Bonchev–Trinajstić information content (AvgIpc) is 2.48. The average molecular weight is 249 g/mol. The van der Waals surface area contributed by atoms with Crippen molar-refractivity contribution in [1.29, 1.82) is 0 Å². The van der Waals surface area contributed by atoms with Gasteiger partial charge in [0.15, 0.2) is 0 Å². The fourth-order valence-corrected chi connectivity index (χ4v) is 2.17. The molecular formula is C18H19N. The van der Waals surface area contributed by atoms with Gasteiger partial charge in [-0.15, -0.1) is 6.58 Å². The van der Waals surface area contributed by atoms with E-state index in [1.807, 2.05) is 19.2 Å². The number of anilines is 1. The first-order chi connectivity index (χ1) is 9.28. The Hall–Kier alpha value is -2.28. The van der Waals surface area contributed by atoms with E-state index in [2.05, 4.69) is 60.9 Å². The van der Waals surface area contributed by atoms with E-state index in [1.54, 1.807) is 0 Å². The molecule has 0 amide bonds. The molecule has 96 valence electrons. The Morgan fingerprint density at radius 2 is 1.84 bits per heavy atom. The Morgan fingerprint density at radius 1 is 1.05 bits per heavy atom. The molecule has 1 N–H and O–H groups in total. The van der Waals surface area contributed by atoms with Crippen LogP contribution in [0.3, 0.4) is 0 Å². The van der Waals surface area contributed by atoms with E-state index in [-0.39, 0.29) is 0 Å². The highest BCUT2D eigenvalue weighted by molar-refractivity contribution is 5.72. The van der Waals surface area contributed by atoms with Gasteiger partial charge in [-0.2, -0.15) is 0 Å². The molecule has 19 heavy (non-hydrogen) atoms. The summed E-state index contributed by atoms with van der Waals surface area (Å²) in [5.74, 6) is 0. The third-order valence-electron chi connectivity index (χ3n) is 3.20. The monoisotopic (exact) mass is 249 g/mol. The summed E-state index contributed by atoms with van der Waals surface area (Å²) in [6.07, 6.45) is 4.67. The lowest BCUT2D eigenvalue weighted by atomic mass is 9.99. The van der Waals surface area contributed by atoms with Crippen LogP contribution in [-0.4, -0.2) is 7.05 Å². The topological polar surface area (TPSA) is 12.0 Å². The first kappa shape index (κ1) is 13.2. The zero-order valence-electron chi connectivity index (χ0n) is 11.3. The van der Waals surface area contributed by atoms with Crippen molar-refractivity contribution in [3.8, 4) is 11.1 Å². The summed E-state index contributed by atoms with van der Waals surface area (Å²) in [5.41, 5.74) is 5.97. The van der Waals surface area contributed by atoms with Crippen molar-refractivity contribution >= 4 is 11.8 Å². The van der Waals surface area contributed by atoms with Crippen LogP contribution in [0.15, 0.2) is 61.7 Å². The molecule has 1 nitrogen and oxygen atoms in total. The van der Waals surface area contributed by atoms with Gasteiger partial charge in [0.2, 0.25) is 0 Å². The second-order valence-electron chi connectivity index (χ2n) is 4.44. The molecule has 2 rings (SSSR count). The molecule has 0 aliphatic rings. The van der Waals surface area contributed by atoms with Crippen LogP contribution in [-0.2, 0) is 6.42 Å². The fraction of sp³-hybridized carbons (Fsp3) is 0.111. The van der Waals surface area contributed by atoms with Gasteiger partial charge in [-0.1, -0.05) is 49.1 Å². The Kier molecular flexibility index (Phi) is 4.19. The van der Waals surface area contributed by atoms with E-state index < -0.39 is 0 Å². The second-order valence-corrected chi connectivity index (χ2v) is 4.44. The SMILES string of the molecule is C=CCc1ccc(-c2cccc(C=C)c2)cc1NC. The van der Waals surface area contributed by atoms with Crippen molar-refractivity contribution in [2.24, 2.45) is 0 Å². The molecule has 0 aliphatic heterocycles. The van der Waals surface area contributed by atoms with Gasteiger partial charge in [-0.05, 0) is 40.8 Å². The van der Waals surface area contributed by atoms with Crippen molar-refractivity contribution in [3.63, 3.8) is 0 Å². The Morgan fingerprint density at radius 3 is 2.53 bits per heavy atom. The molecule has 0 aliphatic carbocycles. The fourth-order valence-electron chi connectivity index (χ4n) is 2.17. The maximum absolute atomic E-state index is 3.81. The van der Waals surface area contributed by atoms with Crippen LogP contribution in [0.1, 0.15) is 11.1 Å². The summed E-state index contributed by atoms with van der Waals surface area (Å²) in [5, 5.41) is 3.25. The van der Waals surface area contributed by atoms with Crippen LogP contribution in [0.5, 0.6) is 0 Å². The largest absolute Gasteiger partial charge is 0.388 e. The molecule has 2 aromatic rings. The van der Waals surface area contributed by atoms with Gasteiger partial charge in [0, 0.05) is 12.7 Å². The molecule has 0 bridgehead atoms. The predicted molar refractivity (Wildman–Crippen MR) is 85.4 cm³/mol. The molecule has 0 atom stereocenters. The maximum atomic E-state index is 3.81. The molecule has 0 fully saturated rings. The smallest absolute Gasteiger partial charge is 0.0379 e. The molecule has 0 heterocycles. The van der Waals surface area contributed by atoms with Crippen molar-refractivity contribution in [2.75, 3.05) is 12.4 Å². The van der Waals surface area contributed by atoms with Gasteiger partial charge >= 0.3 is 0 Å². The number of hydrogen-bond acceptors (Lipinski definition) is 1. The third kappa shape index (κ3) is 2.94. The summed E-state index contributed by atoms with van der Waals surface area (Å²) in [4.78, 5) is 0. The molecule has 1 heteroatoms. The van der Waals surface area contributed by atoms with Crippen LogP contribution in [0, 0.1) is 0 Å². The zero-order chi connectivity index (χ0) is 13.7. The predicted octanol–water partition coefficient (Wildman–Crippen LogP) is 4.77. The lowest BCUT2D eigenvalue weighted by Crippen LogP contribution is -1.95. The summed E-state index contributed by atoms with van der Waals surface area (Å²) in [6.45, 7) is 7.61. The van der Waals surface area contributed by atoms with Crippen molar-refractivity contribution < 1.29 is 0 Å². The summed E-state index contributed by atoms with van der Waals surface area (Å²) in [7, 11) is 1.95. The van der Waals surface area contributed by atoms with E-state index in [0.717, 1.165) is 17.7 Å². The summed E-state index contributed by atoms with van der Waals surface area (Å²) in [6, 6.07) is 14.9. The van der Waals surface area contributed by atoms with Crippen molar-refractivity contribution in [2.45, 2.75) is 6.42 Å². The van der Waals surface area contributed by atoms with E-state index in [1.165, 1.54) is 16.7 Å². The van der Waals surface area contributed by atoms with Crippen LogP contribution >= 0.6 is 0 Å². The summed E-state index contributed by atoms with van der Waals surface area (Å²) < 4.78 is 0. The van der Waals surface area contributed by atoms with Gasteiger partial charge < -0.3 is 5.32 Å². The lowest BCUT2D eigenvalue weighted by molar-refractivity contribution is 1.26. The molecule has 0 saturated heterocycles. The first-order valence-electron chi connectivity index (χ1n) is 6.43. The summed E-state index contributed by atoms with van der Waals surface area (Å²) >= 11 is 0. The number of benzene rings is 2. The number of hydrogen-bond donors (Lipinski definition) is 1. The minimum Gasteiger partial charge on any atom is -0.388 e. The zero-order valence-corrected chi connectivity index (χ0v) is 11.3. The first-order valence-corrected chi connectivity index (χ1v) is 6.43. The van der Waals surface area contributed by atoms with Crippen LogP contribution in [0.4, 0.5) is 5.69 Å². The van der Waals surface area contributed by atoms with Gasteiger partial charge in [0.05, 0.1) is 0 Å². The lowest BCUT2D eigenvalue weighted by Gasteiger charge is -2.11. The number of nitrogens with one attached hydrogen (secondary N) is 1. The molecular weight excluding hydrogens is 230 g/mol. The Balaban J connectivity index is 2.44. The highest BCUT2D eigenvalue weighted by Gasteiger charge is 2.03. The third-order valence-corrected chi connectivity index (χ3v) is 3.20. The molecule has 0 spiro atoms. The Labute approximate surface area is 115 Å². The van der Waals surface area contributed by atoms with Crippen LogP contribution in [0.25, 0.3) is 17.2 Å². The molecule has 0 aromatic heterocycles. The quantitative estimate of drug-likeness (QED) is 0.753. The normalized spacial score (nSPS) is 9.95. The standard InChI is InChI=1S/C18H19N/c1-4-7-15-10-11-17(13-18(15)19-3)16-9-6-8-14(5-2)12-16/h4-6,8-13,19H,1-2,7H2,3H3. The van der Waals surface area contributed by atoms with Gasteiger partial charge in [0.1, 0.15) is 0 Å². The molecule has 0 unspecified atom stereocenters. The van der Waals surface area contributed by atoms with Gasteiger partial charge in [-0.25, -0.2) is 0 Å². The van der Waals surface area contributed by atoms with E-state index >= 15 is 0 Å². The molecule has 0 saturated carbocycles. The van der Waals surface area contributed by atoms with Crippen molar-refractivity contribution in [3.05, 3.63) is 72.8 Å². The van der Waals surface area contributed by atoms with Gasteiger partial charge in [-0.3, -0.25) is 0 Å². The van der Waals surface area contributed by atoms with E-state index in [4.69, 9.17) is 0 Å². The maximum Gasteiger partial charge on any atom is 0.0379 e. The highest BCUT2D eigenvalue weighted by Crippen LogP contribution is 2.27. The van der Waals surface area contributed by atoms with Crippen molar-refractivity contribution in [1.82, 2.24) is 0 Å². The number of rotatable bonds is 5.